The molecular formula is C10H21N2O6P. The smallest absolute Gasteiger partial charge is 0.357 e. The molecule has 19 heavy (non-hydrogen) atoms. The Bertz CT molecular complexity index is 339. The molecule has 9 heteroatoms. The van der Waals surface area contributed by atoms with Crippen molar-refractivity contribution in [1.82, 2.24) is 10.6 Å². The van der Waals surface area contributed by atoms with Crippen LogP contribution in [0.4, 0.5) is 0 Å². The Kier molecular flexibility index (Phi) is 8.58. The number of carbonyl (C=O) groups is 2. The number of hydrogen-bond acceptors (Lipinski definition) is 6. The molecule has 0 fully saturated rings. The summed E-state index contributed by atoms with van der Waals surface area (Å²) in [5.74, 6) is -0.866. The number of hydrogen-bond donors (Lipinski definition) is 2. The van der Waals surface area contributed by atoms with E-state index in [0.29, 0.717) is 0 Å². The Labute approximate surface area is 112 Å². The maximum absolute atomic E-state index is 12.0. The van der Waals surface area contributed by atoms with Crippen molar-refractivity contribution in [3.05, 3.63) is 0 Å². The van der Waals surface area contributed by atoms with E-state index in [4.69, 9.17) is 13.6 Å². The minimum atomic E-state index is -3.70. The number of phosphoric acid groups is 1. The third-order valence-corrected chi connectivity index (χ3v) is 3.53. The highest BCUT2D eigenvalue weighted by Crippen LogP contribution is 2.49. The zero-order valence-corrected chi connectivity index (χ0v) is 12.5. The number of amides is 2. The molecule has 1 atom stereocenters. The quantitative estimate of drug-likeness (QED) is 0.598. The summed E-state index contributed by atoms with van der Waals surface area (Å²) >= 11 is 0. The minimum Gasteiger partial charge on any atom is -0.357 e. The Hall–Kier alpha value is -0.950. The summed E-state index contributed by atoms with van der Waals surface area (Å²) in [6.07, 6.45) is 0. The zero-order valence-electron chi connectivity index (χ0n) is 11.6. The molecule has 0 bridgehead atoms. The first kappa shape index (κ1) is 18.0. The van der Waals surface area contributed by atoms with Crippen LogP contribution in [-0.2, 0) is 27.7 Å². The molecule has 0 aromatic carbocycles. The normalized spacial score (nSPS) is 12.8. The predicted molar refractivity (Wildman–Crippen MR) is 68.5 cm³/mol. The van der Waals surface area contributed by atoms with Gasteiger partial charge in [0.2, 0.25) is 11.8 Å². The van der Waals surface area contributed by atoms with Crippen molar-refractivity contribution in [3.8, 4) is 0 Å². The van der Waals surface area contributed by atoms with Crippen molar-refractivity contribution >= 4 is 19.6 Å². The molecule has 0 spiro atoms. The third kappa shape index (κ3) is 7.27. The van der Waals surface area contributed by atoms with E-state index in [1.165, 1.54) is 14.0 Å². The van der Waals surface area contributed by atoms with Gasteiger partial charge in [-0.3, -0.25) is 23.2 Å². The topological polar surface area (TPSA) is 103 Å². The molecule has 1 unspecified atom stereocenters. The lowest BCUT2D eigenvalue weighted by Gasteiger charge is -2.20. The van der Waals surface area contributed by atoms with E-state index in [0.717, 1.165) is 0 Å². The lowest BCUT2D eigenvalue weighted by Crippen LogP contribution is -2.47. The Morgan fingerprint density at radius 2 is 1.68 bits per heavy atom. The van der Waals surface area contributed by atoms with Crippen LogP contribution >= 0.6 is 7.82 Å². The molecule has 8 nitrogen and oxygen atoms in total. The van der Waals surface area contributed by atoms with E-state index < -0.39 is 25.7 Å². The van der Waals surface area contributed by atoms with Gasteiger partial charge in [-0.05, 0) is 13.8 Å². The summed E-state index contributed by atoms with van der Waals surface area (Å²) < 4.78 is 26.8. The molecule has 112 valence electrons. The highest BCUT2D eigenvalue weighted by Gasteiger charge is 2.29. The molecule has 0 saturated heterocycles. The van der Waals surface area contributed by atoms with Crippen LogP contribution in [0.5, 0.6) is 0 Å². The molecule has 2 N–H and O–H groups in total. The molecule has 0 saturated carbocycles. The first-order valence-electron chi connectivity index (χ1n) is 5.90. The van der Waals surface area contributed by atoms with Gasteiger partial charge in [0, 0.05) is 14.0 Å². The van der Waals surface area contributed by atoms with Crippen LogP contribution in [-0.4, -0.2) is 44.7 Å². The summed E-state index contributed by atoms with van der Waals surface area (Å²) in [6, 6.07) is -0.961. The van der Waals surface area contributed by atoms with Crippen molar-refractivity contribution in [1.29, 1.82) is 0 Å². The molecule has 2 amide bonds. The van der Waals surface area contributed by atoms with Gasteiger partial charge in [-0.25, -0.2) is 4.57 Å². The molecular weight excluding hydrogens is 275 g/mol. The molecule has 0 aliphatic carbocycles. The van der Waals surface area contributed by atoms with Crippen molar-refractivity contribution in [2.45, 2.75) is 26.8 Å². The van der Waals surface area contributed by atoms with Crippen molar-refractivity contribution < 1.29 is 27.7 Å². The third-order valence-electron chi connectivity index (χ3n) is 1.91. The van der Waals surface area contributed by atoms with Crippen molar-refractivity contribution in [2.24, 2.45) is 0 Å². The molecule has 0 aromatic rings. The zero-order chi connectivity index (χ0) is 14.9. The largest absolute Gasteiger partial charge is 0.474 e. The van der Waals surface area contributed by atoms with Gasteiger partial charge in [-0.2, -0.15) is 0 Å². The monoisotopic (exact) mass is 296 g/mol. The van der Waals surface area contributed by atoms with E-state index in [1.807, 2.05) is 0 Å². The van der Waals surface area contributed by atoms with Crippen LogP contribution < -0.4 is 10.6 Å². The summed E-state index contributed by atoms with van der Waals surface area (Å²) in [5.41, 5.74) is 0. The number of carbonyl (C=O) groups excluding carboxylic acids is 2. The van der Waals surface area contributed by atoms with Gasteiger partial charge >= 0.3 is 7.82 Å². The minimum absolute atomic E-state index is 0.141. The van der Waals surface area contributed by atoms with E-state index in [2.05, 4.69) is 10.6 Å². The SMILES string of the molecule is CCOP(=O)(OCC)OCC(NC(C)=O)C(=O)NC. The Morgan fingerprint density at radius 3 is 2.05 bits per heavy atom. The summed E-state index contributed by atoms with van der Waals surface area (Å²) in [5, 5.41) is 4.74. The van der Waals surface area contributed by atoms with E-state index in [-0.39, 0.29) is 19.8 Å². The average Bonchev–Trinajstić information content (AvgIpc) is 2.33. The summed E-state index contributed by atoms with van der Waals surface area (Å²) in [6.45, 7) is 4.51. The van der Waals surface area contributed by atoms with Crippen LogP contribution in [0.2, 0.25) is 0 Å². The number of nitrogens with one attached hydrogen (secondary N) is 2. The standard InChI is InChI=1S/C10H21N2O6P/c1-5-16-19(15,17-6-2)18-7-9(10(14)11-4)12-8(3)13/h9H,5-7H2,1-4H3,(H,11,14)(H,12,13). The highest BCUT2D eigenvalue weighted by molar-refractivity contribution is 7.48. The van der Waals surface area contributed by atoms with Gasteiger partial charge in [-0.15, -0.1) is 0 Å². The maximum atomic E-state index is 12.0. The molecule has 0 rings (SSSR count). The van der Waals surface area contributed by atoms with Gasteiger partial charge in [-0.1, -0.05) is 0 Å². The first-order valence-corrected chi connectivity index (χ1v) is 7.36. The van der Waals surface area contributed by atoms with E-state index >= 15 is 0 Å². The Balaban J connectivity index is 4.61. The summed E-state index contributed by atoms with van der Waals surface area (Å²) in [7, 11) is -2.28. The van der Waals surface area contributed by atoms with E-state index in [1.54, 1.807) is 13.8 Å². The summed E-state index contributed by atoms with van der Waals surface area (Å²) in [4.78, 5) is 22.5. The number of phosphoric ester groups is 1. The average molecular weight is 296 g/mol. The maximum Gasteiger partial charge on any atom is 0.474 e. The lowest BCUT2D eigenvalue weighted by atomic mass is 10.3. The predicted octanol–water partition coefficient (Wildman–Crippen LogP) is 0.435. The fraction of sp³-hybridized carbons (Fsp3) is 0.800. The van der Waals surface area contributed by atoms with Crippen molar-refractivity contribution in [2.75, 3.05) is 26.9 Å². The fourth-order valence-electron chi connectivity index (χ4n) is 1.20. The van der Waals surface area contributed by atoms with Gasteiger partial charge in [0.05, 0.1) is 19.8 Å². The van der Waals surface area contributed by atoms with Gasteiger partial charge in [0.15, 0.2) is 0 Å². The second-order valence-corrected chi connectivity index (χ2v) is 5.11. The molecule has 0 aromatic heterocycles. The van der Waals surface area contributed by atoms with Gasteiger partial charge < -0.3 is 10.6 Å². The van der Waals surface area contributed by atoms with Crippen LogP contribution in [0.15, 0.2) is 0 Å². The van der Waals surface area contributed by atoms with Crippen LogP contribution in [0, 0.1) is 0 Å². The van der Waals surface area contributed by atoms with Crippen molar-refractivity contribution in [3.63, 3.8) is 0 Å². The van der Waals surface area contributed by atoms with Gasteiger partial charge in [0.1, 0.15) is 6.04 Å². The Morgan fingerprint density at radius 1 is 1.16 bits per heavy atom. The van der Waals surface area contributed by atoms with E-state index in [9.17, 15) is 14.2 Å². The lowest BCUT2D eigenvalue weighted by molar-refractivity contribution is -0.128. The van der Waals surface area contributed by atoms with Crippen LogP contribution in [0.1, 0.15) is 20.8 Å². The first-order chi connectivity index (χ1) is 8.88. The fourth-order valence-corrected chi connectivity index (χ4v) is 2.38. The second kappa shape index (κ2) is 9.03. The number of rotatable bonds is 9. The molecule has 0 aliphatic heterocycles. The van der Waals surface area contributed by atoms with Crippen LogP contribution in [0.25, 0.3) is 0 Å². The van der Waals surface area contributed by atoms with Crippen LogP contribution in [0.3, 0.4) is 0 Å². The molecule has 0 aliphatic rings. The number of likely N-dealkylation sites (N-methyl/N-ethyl adjacent to an activating group) is 1. The molecule has 0 heterocycles. The highest BCUT2D eigenvalue weighted by atomic mass is 31.2. The van der Waals surface area contributed by atoms with Gasteiger partial charge in [0.25, 0.3) is 0 Å². The second-order valence-electron chi connectivity index (χ2n) is 3.45. The molecule has 0 radical (unpaired) electrons.